The second-order valence-corrected chi connectivity index (χ2v) is 12.5. The zero-order valence-electron chi connectivity index (χ0n) is 26.6. The lowest BCUT2D eigenvalue weighted by Crippen LogP contribution is -2.53. The van der Waals surface area contributed by atoms with Gasteiger partial charge in [-0.3, -0.25) is 14.5 Å². The molecule has 2 aromatic carbocycles. The van der Waals surface area contributed by atoms with Crippen molar-refractivity contribution >= 4 is 46.2 Å². The number of hydrogen-bond acceptors (Lipinski definition) is 10. The minimum Gasteiger partial charge on any atom is -0.494 e. The third-order valence-electron chi connectivity index (χ3n) is 8.83. The lowest BCUT2D eigenvalue weighted by Gasteiger charge is -2.44. The Morgan fingerprint density at radius 2 is 1.78 bits per heavy atom. The first-order chi connectivity index (χ1) is 22.3. The molecule has 11 nitrogen and oxygen atoms in total. The molecule has 3 fully saturated rings. The van der Waals surface area contributed by atoms with Crippen molar-refractivity contribution < 1.29 is 19.1 Å². The quantitative estimate of drug-likeness (QED) is 0.270. The molecule has 12 heteroatoms. The van der Waals surface area contributed by atoms with Gasteiger partial charge in [0, 0.05) is 55.8 Å². The molecule has 3 aromatic rings. The van der Waals surface area contributed by atoms with E-state index < -0.39 is 0 Å². The van der Waals surface area contributed by atoms with Crippen molar-refractivity contribution in [1.82, 2.24) is 14.9 Å². The highest BCUT2D eigenvalue weighted by Crippen LogP contribution is 2.41. The highest BCUT2D eigenvalue weighted by molar-refractivity contribution is 6.30. The highest BCUT2D eigenvalue weighted by atomic mass is 35.5. The first-order valence-corrected chi connectivity index (χ1v) is 16.3. The van der Waals surface area contributed by atoms with Crippen LogP contribution in [0.25, 0.3) is 0 Å². The first-order valence-electron chi connectivity index (χ1n) is 15.9. The molecular formula is C34H42ClN7O4. The molecule has 1 unspecified atom stereocenters. The first kappa shape index (κ1) is 32.1. The number of rotatable bonds is 9. The number of hydrogen-bond donors (Lipinski definition) is 2. The van der Waals surface area contributed by atoms with E-state index in [1.54, 1.807) is 7.11 Å². The van der Waals surface area contributed by atoms with Crippen LogP contribution in [0.4, 0.5) is 28.7 Å². The number of carbonyl (C=O) groups is 1. The maximum atomic E-state index is 12.6. The van der Waals surface area contributed by atoms with Crippen LogP contribution >= 0.6 is 11.6 Å². The number of halogens is 1. The van der Waals surface area contributed by atoms with Crippen molar-refractivity contribution in [3.8, 4) is 5.75 Å². The van der Waals surface area contributed by atoms with Crippen molar-refractivity contribution in [3.05, 3.63) is 72.0 Å². The molecule has 3 aliphatic heterocycles. The molecule has 244 valence electrons. The number of nitrogens with one attached hydrogen (secondary N) is 2. The Morgan fingerprint density at radius 3 is 2.48 bits per heavy atom. The summed E-state index contributed by atoms with van der Waals surface area (Å²) in [6.07, 6.45) is 6.12. The van der Waals surface area contributed by atoms with E-state index in [0.717, 1.165) is 56.7 Å². The third kappa shape index (κ3) is 7.23. The van der Waals surface area contributed by atoms with Gasteiger partial charge in [0.15, 0.2) is 5.82 Å². The van der Waals surface area contributed by atoms with E-state index >= 15 is 0 Å². The molecule has 3 saturated heterocycles. The number of nitrogens with zero attached hydrogens (tertiary/aromatic N) is 5. The maximum absolute atomic E-state index is 12.6. The molecule has 0 saturated carbocycles. The Bertz CT molecular complexity index is 1520. The SMILES string of the molecule is C=CC(=O)Nc1cc(Nc2cc(N3OCCC3c3ccc(Cl)cc3)ncn2)c(OC)cc1N1CCC(N2C[C@@H](C)O[C@@H](C)C2)CC1. The number of anilines is 5. The fourth-order valence-corrected chi connectivity index (χ4v) is 6.85. The van der Waals surface area contributed by atoms with Crippen LogP contribution in [-0.2, 0) is 14.4 Å². The van der Waals surface area contributed by atoms with Crippen molar-refractivity contribution in [1.29, 1.82) is 0 Å². The molecule has 0 spiro atoms. The van der Waals surface area contributed by atoms with Crippen molar-refractivity contribution in [2.45, 2.75) is 57.4 Å². The highest BCUT2D eigenvalue weighted by Gasteiger charge is 2.32. The second-order valence-electron chi connectivity index (χ2n) is 12.1. The van der Waals surface area contributed by atoms with Crippen LogP contribution in [0.1, 0.15) is 44.7 Å². The molecule has 0 bridgehead atoms. The molecule has 6 rings (SSSR count). The Balaban J connectivity index is 1.22. The third-order valence-corrected chi connectivity index (χ3v) is 9.08. The number of aromatic nitrogens is 2. The molecule has 2 N–H and O–H groups in total. The van der Waals surface area contributed by atoms with Crippen LogP contribution in [0, 0.1) is 0 Å². The predicted octanol–water partition coefficient (Wildman–Crippen LogP) is 5.97. The van der Waals surface area contributed by atoms with Crippen molar-refractivity contribution in [3.63, 3.8) is 0 Å². The van der Waals surface area contributed by atoms with Crippen LogP contribution in [0.3, 0.4) is 0 Å². The van der Waals surface area contributed by atoms with Crippen LogP contribution in [0.2, 0.25) is 5.02 Å². The molecule has 0 radical (unpaired) electrons. The minimum absolute atomic E-state index is 0.00579. The van der Waals surface area contributed by atoms with Crippen molar-refractivity contribution in [2.24, 2.45) is 0 Å². The summed E-state index contributed by atoms with van der Waals surface area (Å²) in [5.41, 5.74) is 3.31. The van der Waals surface area contributed by atoms with E-state index in [4.69, 9.17) is 25.9 Å². The van der Waals surface area contributed by atoms with Crippen LogP contribution in [-0.4, -0.2) is 78.9 Å². The Labute approximate surface area is 275 Å². The average molecular weight is 648 g/mol. The average Bonchev–Trinajstić information content (AvgIpc) is 3.55. The number of methoxy groups -OCH3 is 1. The molecule has 3 atom stereocenters. The van der Waals surface area contributed by atoms with Gasteiger partial charge in [-0.25, -0.2) is 15.0 Å². The number of hydroxylamine groups is 1. The van der Waals surface area contributed by atoms with E-state index in [0.29, 0.717) is 46.4 Å². The summed E-state index contributed by atoms with van der Waals surface area (Å²) >= 11 is 6.12. The number of piperidine rings is 1. The van der Waals surface area contributed by atoms with E-state index in [9.17, 15) is 4.79 Å². The summed E-state index contributed by atoms with van der Waals surface area (Å²) < 4.78 is 11.8. The predicted molar refractivity (Wildman–Crippen MR) is 181 cm³/mol. The number of benzene rings is 2. The number of morpholine rings is 1. The Kier molecular flexibility index (Phi) is 9.93. The summed E-state index contributed by atoms with van der Waals surface area (Å²) in [6.45, 7) is 12.2. The van der Waals surface area contributed by atoms with Gasteiger partial charge >= 0.3 is 0 Å². The zero-order chi connectivity index (χ0) is 32.2. The van der Waals surface area contributed by atoms with E-state index in [1.807, 2.05) is 47.5 Å². The Hall–Kier alpha value is -3.90. The zero-order valence-corrected chi connectivity index (χ0v) is 27.4. The lowest BCUT2D eigenvalue weighted by molar-refractivity contribution is -0.111. The summed E-state index contributed by atoms with van der Waals surface area (Å²) in [4.78, 5) is 32.4. The number of carbonyl (C=O) groups excluding carboxylic acids is 1. The largest absolute Gasteiger partial charge is 0.494 e. The lowest BCUT2D eigenvalue weighted by atomic mass is 10.00. The maximum Gasteiger partial charge on any atom is 0.247 e. The van der Waals surface area contributed by atoms with Crippen LogP contribution < -0.4 is 25.3 Å². The van der Waals surface area contributed by atoms with Gasteiger partial charge in [0.2, 0.25) is 5.91 Å². The molecule has 1 aromatic heterocycles. The van der Waals surface area contributed by atoms with Crippen LogP contribution in [0.5, 0.6) is 5.75 Å². The van der Waals surface area contributed by atoms with Gasteiger partial charge in [-0.05, 0) is 56.5 Å². The topological polar surface area (TPSA) is 104 Å². The van der Waals surface area contributed by atoms with E-state index in [1.165, 1.54) is 12.4 Å². The molecular weight excluding hydrogens is 606 g/mol. The summed E-state index contributed by atoms with van der Waals surface area (Å²) in [5.74, 6) is 1.52. The second kappa shape index (κ2) is 14.3. The van der Waals surface area contributed by atoms with Crippen LogP contribution in [0.15, 0.2) is 61.4 Å². The summed E-state index contributed by atoms with van der Waals surface area (Å²) in [7, 11) is 1.64. The van der Waals surface area contributed by atoms with Gasteiger partial charge < -0.3 is 25.0 Å². The normalized spacial score (nSPS) is 22.5. The van der Waals surface area contributed by atoms with Gasteiger partial charge in [0.1, 0.15) is 17.9 Å². The van der Waals surface area contributed by atoms with Gasteiger partial charge in [0.05, 0.1) is 49.0 Å². The smallest absolute Gasteiger partial charge is 0.247 e. The van der Waals surface area contributed by atoms with Gasteiger partial charge in [-0.1, -0.05) is 30.3 Å². The standard InChI is InChI=1S/C34H42ClN7O4/c1-5-34(43)39-27-16-28(31(44-4)17-30(27)40-13-10-26(11-14-40)41-19-22(2)46-23(3)20-41)38-32-18-33(37-21-36-32)42-29(12-15-45-42)24-6-8-25(35)9-7-24/h5-9,16-18,21-23,26,29H,1,10-15,19-20H2,2-4H3,(H,39,43)(H,36,37,38)/t22-,23+,29?. The molecule has 46 heavy (non-hydrogen) atoms. The van der Waals surface area contributed by atoms with Gasteiger partial charge in [0.25, 0.3) is 0 Å². The fraction of sp³-hybridized carbons (Fsp3) is 0.441. The minimum atomic E-state index is -0.285. The Morgan fingerprint density at radius 1 is 1.04 bits per heavy atom. The molecule has 0 aliphatic carbocycles. The molecule has 3 aliphatic rings. The van der Waals surface area contributed by atoms with Gasteiger partial charge in [-0.2, -0.15) is 0 Å². The van der Waals surface area contributed by atoms with Gasteiger partial charge in [-0.15, -0.1) is 0 Å². The van der Waals surface area contributed by atoms with E-state index in [-0.39, 0.29) is 24.2 Å². The summed E-state index contributed by atoms with van der Waals surface area (Å²) in [6, 6.07) is 14.0. The number of amides is 1. The molecule has 4 heterocycles. The molecule has 1 amide bonds. The monoisotopic (exact) mass is 647 g/mol. The van der Waals surface area contributed by atoms with E-state index in [2.05, 4.69) is 50.8 Å². The fourth-order valence-electron chi connectivity index (χ4n) is 6.73. The van der Waals surface area contributed by atoms with Crippen molar-refractivity contribution in [2.75, 3.05) is 60.5 Å². The number of ether oxygens (including phenoxy) is 2. The summed E-state index contributed by atoms with van der Waals surface area (Å²) in [5, 5.41) is 8.89.